The molecule has 0 bridgehead atoms. The van der Waals surface area contributed by atoms with Crippen LogP contribution < -0.4 is 0 Å². The molecule has 26 heavy (non-hydrogen) atoms. The highest BCUT2D eigenvalue weighted by Gasteiger charge is 2.39. The first-order valence-electron chi connectivity index (χ1n) is 10.6. The molecule has 0 spiro atoms. The van der Waals surface area contributed by atoms with Crippen molar-refractivity contribution in [3.05, 3.63) is 53.3 Å². The zero-order chi connectivity index (χ0) is 18.0. The van der Waals surface area contributed by atoms with Crippen LogP contribution in [0.25, 0.3) is 0 Å². The number of aliphatic hydroxyl groups excluding tert-OH is 1. The quantitative estimate of drug-likeness (QED) is 0.638. The largest absolute Gasteiger partial charge is 0.508 e. The van der Waals surface area contributed by atoms with Crippen molar-refractivity contribution in [3.8, 4) is 5.75 Å². The van der Waals surface area contributed by atoms with Gasteiger partial charge in [0, 0.05) is 5.41 Å². The van der Waals surface area contributed by atoms with Gasteiger partial charge < -0.3 is 10.2 Å². The maximum Gasteiger partial charge on any atom is 0.119 e. The summed E-state index contributed by atoms with van der Waals surface area (Å²) in [5.41, 5.74) is 2.47. The van der Waals surface area contributed by atoms with Gasteiger partial charge in [-0.15, -0.1) is 0 Å². The average molecular weight is 353 g/mol. The molecule has 1 atom stereocenters. The van der Waals surface area contributed by atoms with Crippen molar-refractivity contribution in [1.29, 1.82) is 0 Å². The molecule has 2 fully saturated rings. The highest BCUT2D eigenvalue weighted by Crippen LogP contribution is 2.48. The molecule has 0 amide bonds. The second-order valence-corrected chi connectivity index (χ2v) is 8.65. The fourth-order valence-electron chi connectivity index (χ4n) is 5.60. The third-order valence-electron chi connectivity index (χ3n) is 7.14. The molecule has 0 aromatic heterocycles. The van der Waals surface area contributed by atoms with Crippen LogP contribution in [-0.4, -0.2) is 10.2 Å². The molecule has 1 unspecified atom stereocenters. The second-order valence-electron chi connectivity index (χ2n) is 8.65. The molecule has 2 heteroatoms. The summed E-state index contributed by atoms with van der Waals surface area (Å²) in [5, 5.41) is 20.5. The molecule has 2 N–H and O–H groups in total. The zero-order valence-corrected chi connectivity index (χ0v) is 15.8. The Bertz CT molecular complexity index is 690. The monoisotopic (exact) mass is 352 g/mol. The lowest BCUT2D eigenvalue weighted by atomic mass is 9.61. The third-order valence-corrected chi connectivity index (χ3v) is 7.14. The number of rotatable bonds is 3. The standard InChI is InChI=1S/C24H32O2/c25-21-13-15-24(16-14-21,19-9-5-2-6-10-19)20-11-12-23(26)22(17-20)18-7-3-1-4-8-18/h11-15,17-19,25-26H,1-10,16H2. The van der Waals surface area contributed by atoms with Crippen LogP contribution in [0, 0.1) is 5.92 Å². The maximum atomic E-state index is 10.6. The fraction of sp³-hybridized carbons (Fsp3) is 0.583. The molecule has 2 saturated carbocycles. The predicted octanol–water partition coefficient (Wildman–Crippen LogP) is 6.66. The van der Waals surface area contributed by atoms with E-state index in [1.54, 1.807) is 0 Å². The van der Waals surface area contributed by atoms with Crippen molar-refractivity contribution < 1.29 is 10.2 Å². The number of hydrogen-bond acceptors (Lipinski definition) is 2. The highest BCUT2D eigenvalue weighted by molar-refractivity contribution is 5.46. The molecule has 1 aromatic carbocycles. The van der Waals surface area contributed by atoms with Gasteiger partial charge in [-0.3, -0.25) is 0 Å². The Morgan fingerprint density at radius 1 is 0.846 bits per heavy atom. The molecule has 140 valence electrons. The molecule has 0 heterocycles. The summed E-state index contributed by atoms with van der Waals surface area (Å²) in [6.45, 7) is 0. The van der Waals surface area contributed by atoms with Gasteiger partial charge in [0.2, 0.25) is 0 Å². The van der Waals surface area contributed by atoms with E-state index in [9.17, 15) is 10.2 Å². The number of benzene rings is 1. The topological polar surface area (TPSA) is 40.5 Å². The molecule has 0 radical (unpaired) electrons. The van der Waals surface area contributed by atoms with Crippen molar-refractivity contribution in [3.63, 3.8) is 0 Å². The molecular weight excluding hydrogens is 320 g/mol. The fourth-order valence-corrected chi connectivity index (χ4v) is 5.60. The van der Waals surface area contributed by atoms with E-state index in [1.165, 1.54) is 69.8 Å². The Hall–Kier alpha value is -1.70. The zero-order valence-electron chi connectivity index (χ0n) is 15.8. The summed E-state index contributed by atoms with van der Waals surface area (Å²) in [5.74, 6) is 1.99. The Kier molecular flexibility index (Phi) is 5.11. The van der Waals surface area contributed by atoms with Crippen molar-refractivity contribution >= 4 is 0 Å². The van der Waals surface area contributed by atoms with E-state index in [1.807, 2.05) is 18.2 Å². The Morgan fingerprint density at radius 2 is 1.54 bits per heavy atom. The Morgan fingerprint density at radius 3 is 2.19 bits per heavy atom. The summed E-state index contributed by atoms with van der Waals surface area (Å²) < 4.78 is 0. The van der Waals surface area contributed by atoms with Gasteiger partial charge in [0.05, 0.1) is 0 Å². The SMILES string of the molecule is OC1=CCC(c2ccc(O)c(C3CCCCC3)c2)(C2CCCCC2)C=C1. The van der Waals surface area contributed by atoms with E-state index in [0.29, 0.717) is 23.3 Å². The van der Waals surface area contributed by atoms with Gasteiger partial charge in [0.15, 0.2) is 0 Å². The van der Waals surface area contributed by atoms with E-state index in [0.717, 1.165) is 12.0 Å². The van der Waals surface area contributed by atoms with Gasteiger partial charge in [-0.05, 0) is 73.3 Å². The predicted molar refractivity (Wildman–Crippen MR) is 107 cm³/mol. The van der Waals surface area contributed by atoms with Gasteiger partial charge in [0.1, 0.15) is 11.5 Å². The third kappa shape index (κ3) is 3.31. The number of allylic oxidation sites excluding steroid dienone is 3. The minimum Gasteiger partial charge on any atom is -0.508 e. The summed E-state index contributed by atoms with van der Waals surface area (Å²) in [6.07, 6.45) is 19.8. The molecular formula is C24H32O2. The molecule has 3 aliphatic carbocycles. The molecule has 0 aliphatic heterocycles. The number of aromatic hydroxyl groups is 1. The van der Waals surface area contributed by atoms with E-state index in [4.69, 9.17) is 0 Å². The van der Waals surface area contributed by atoms with Crippen LogP contribution in [-0.2, 0) is 5.41 Å². The molecule has 1 aromatic rings. The minimum absolute atomic E-state index is 0.0240. The lowest BCUT2D eigenvalue weighted by Gasteiger charge is -2.42. The van der Waals surface area contributed by atoms with E-state index < -0.39 is 0 Å². The van der Waals surface area contributed by atoms with Crippen molar-refractivity contribution in [2.75, 3.05) is 0 Å². The van der Waals surface area contributed by atoms with Crippen LogP contribution in [0.4, 0.5) is 0 Å². The smallest absolute Gasteiger partial charge is 0.119 e. The number of phenols is 1. The number of aliphatic hydroxyl groups is 1. The Balaban J connectivity index is 1.73. The Labute approximate surface area is 157 Å². The van der Waals surface area contributed by atoms with Gasteiger partial charge in [-0.1, -0.05) is 56.7 Å². The summed E-state index contributed by atoms with van der Waals surface area (Å²) in [6, 6.07) is 6.37. The van der Waals surface area contributed by atoms with E-state index in [2.05, 4.69) is 18.2 Å². The highest BCUT2D eigenvalue weighted by atomic mass is 16.3. The van der Waals surface area contributed by atoms with Gasteiger partial charge in [-0.2, -0.15) is 0 Å². The van der Waals surface area contributed by atoms with Crippen molar-refractivity contribution in [2.45, 2.75) is 82.0 Å². The van der Waals surface area contributed by atoms with Crippen LogP contribution >= 0.6 is 0 Å². The van der Waals surface area contributed by atoms with Gasteiger partial charge in [0.25, 0.3) is 0 Å². The minimum atomic E-state index is -0.0240. The van der Waals surface area contributed by atoms with Crippen LogP contribution in [0.15, 0.2) is 42.2 Å². The normalized spacial score (nSPS) is 28.1. The van der Waals surface area contributed by atoms with Gasteiger partial charge in [-0.25, -0.2) is 0 Å². The van der Waals surface area contributed by atoms with Crippen LogP contribution in [0.5, 0.6) is 5.75 Å². The molecule has 2 nitrogen and oxygen atoms in total. The molecule has 3 aliphatic rings. The van der Waals surface area contributed by atoms with Crippen molar-refractivity contribution in [1.82, 2.24) is 0 Å². The van der Waals surface area contributed by atoms with Crippen molar-refractivity contribution in [2.24, 2.45) is 5.92 Å². The second kappa shape index (κ2) is 7.50. The van der Waals surface area contributed by atoms with E-state index >= 15 is 0 Å². The first-order chi connectivity index (χ1) is 12.7. The number of hydrogen-bond donors (Lipinski definition) is 2. The molecule has 4 rings (SSSR count). The first kappa shape index (κ1) is 17.7. The van der Waals surface area contributed by atoms with Crippen LogP contribution in [0.3, 0.4) is 0 Å². The van der Waals surface area contributed by atoms with Crippen LogP contribution in [0.2, 0.25) is 0 Å². The first-order valence-corrected chi connectivity index (χ1v) is 10.6. The lowest BCUT2D eigenvalue weighted by Crippen LogP contribution is -2.35. The summed E-state index contributed by atoms with van der Waals surface area (Å²) in [4.78, 5) is 0. The molecule has 0 saturated heterocycles. The average Bonchev–Trinajstić information content (AvgIpc) is 2.71. The summed E-state index contributed by atoms with van der Waals surface area (Å²) in [7, 11) is 0. The maximum absolute atomic E-state index is 10.6. The summed E-state index contributed by atoms with van der Waals surface area (Å²) >= 11 is 0. The number of phenolic OH excluding ortho intramolecular Hbond substituents is 1. The van der Waals surface area contributed by atoms with Gasteiger partial charge >= 0.3 is 0 Å². The lowest BCUT2D eigenvalue weighted by molar-refractivity contribution is 0.240. The van der Waals surface area contributed by atoms with E-state index in [-0.39, 0.29) is 5.41 Å². The van der Waals surface area contributed by atoms with Crippen LogP contribution in [0.1, 0.15) is 87.7 Å².